The highest BCUT2D eigenvalue weighted by Crippen LogP contribution is 2.34. The molecule has 1 heterocycles. The molecule has 0 bridgehead atoms. The SMILES string of the molecule is CC1(F)CNC(C2CCCCC2)C1. The maximum Gasteiger partial charge on any atom is 0.122 e. The Morgan fingerprint density at radius 3 is 2.46 bits per heavy atom. The van der Waals surface area contributed by atoms with Crippen LogP contribution in [0.2, 0.25) is 0 Å². The van der Waals surface area contributed by atoms with Crippen LogP contribution in [-0.4, -0.2) is 18.3 Å². The Kier molecular flexibility index (Phi) is 2.59. The predicted molar refractivity (Wildman–Crippen MR) is 52.5 cm³/mol. The summed E-state index contributed by atoms with van der Waals surface area (Å²) >= 11 is 0. The van der Waals surface area contributed by atoms with Crippen molar-refractivity contribution in [3.63, 3.8) is 0 Å². The normalized spacial score (nSPS) is 42.5. The van der Waals surface area contributed by atoms with Gasteiger partial charge in [0.25, 0.3) is 0 Å². The van der Waals surface area contributed by atoms with Crippen molar-refractivity contribution in [3.05, 3.63) is 0 Å². The number of rotatable bonds is 1. The highest BCUT2D eigenvalue weighted by atomic mass is 19.1. The lowest BCUT2D eigenvalue weighted by Crippen LogP contribution is -2.31. The van der Waals surface area contributed by atoms with Gasteiger partial charge in [-0.2, -0.15) is 0 Å². The van der Waals surface area contributed by atoms with Gasteiger partial charge in [-0.25, -0.2) is 4.39 Å². The molecule has 2 fully saturated rings. The van der Waals surface area contributed by atoms with Crippen LogP contribution in [0.3, 0.4) is 0 Å². The van der Waals surface area contributed by atoms with E-state index in [1.807, 2.05) is 0 Å². The molecule has 1 aliphatic carbocycles. The fraction of sp³-hybridized carbons (Fsp3) is 1.00. The summed E-state index contributed by atoms with van der Waals surface area (Å²) in [5.74, 6) is 0.756. The van der Waals surface area contributed by atoms with Crippen molar-refractivity contribution < 1.29 is 4.39 Å². The first-order chi connectivity index (χ1) is 6.17. The zero-order valence-electron chi connectivity index (χ0n) is 8.48. The second kappa shape index (κ2) is 3.56. The first-order valence-corrected chi connectivity index (χ1v) is 5.60. The predicted octanol–water partition coefficient (Wildman–Crippen LogP) is 2.66. The van der Waals surface area contributed by atoms with Gasteiger partial charge in [0.2, 0.25) is 0 Å². The molecule has 0 aromatic heterocycles. The van der Waals surface area contributed by atoms with Crippen molar-refractivity contribution >= 4 is 0 Å². The van der Waals surface area contributed by atoms with E-state index in [1.165, 1.54) is 32.1 Å². The zero-order valence-corrected chi connectivity index (χ0v) is 8.48. The lowest BCUT2D eigenvalue weighted by Gasteiger charge is -2.27. The van der Waals surface area contributed by atoms with Crippen LogP contribution in [0.25, 0.3) is 0 Å². The van der Waals surface area contributed by atoms with Crippen LogP contribution in [0, 0.1) is 5.92 Å². The molecule has 0 aromatic carbocycles. The summed E-state index contributed by atoms with van der Waals surface area (Å²) in [5.41, 5.74) is -0.942. The molecule has 2 heteroatoms. The molecule has 1 nitrogen and oxygen atoms in total. The van der Waals surface area contributed by atoms with Gasteiger partial charge in [0.05, 0.1) is 0 Å². The van der Waals surface area contributed by atoms with Gasteiger partial charge in [-0.3, -0.25) is 0 Å². The van der Waals surface area contributed by atoms with Crippen molar-refractivity contribution in [1.29, 1.82) is 0 Å². The molecule has 2 aliphatic rings. The van der Waals surface area contributed by atoms with Crippen LogP contribution >= 0.6 is 0 Å². The summed E-state index contributed by atoms with van der Waals surface area (Å²) in [4.78, 5) is 0. The molecular weight excluding hydrogens is 165 g/mol. The van der Waals surface area contributed by atoms with Gasteiger partial charge < -0.3 is 5.32 Å². The molecule has 0 spiro atoms. The van der Waals surface area contributed by atoms with Crippen LogP contribution < -0.4 is 5.32 Å². The first kappa shape index (κ1) is 9.45. The van der Waals surface area contributed by atoms with Crippen LogP contribution in [0.5, 0.6) is 0 Å². The van der Waals surface area contributed by atoms with E-state index in [0.29, 0.717) is 12.6 Å². The van der Waals surface area contributed by atoms with Crippen LogP contribution in [0.4, 0.5) is 4.39 Å². The fourth-order valence-corrected chi connectivity index (χ4v) is 2.82. The highest BCUT2D eigenvalue weighted by Gasteiger charge is 2.38. The molecule has 1 saturated carbocycles. The minimum atomic E-state index is -0.942. The Hall–Kier alpha value is -0.110. The van der Waals surface area contributed by atoms with E-state index in [2.05, 4.69) is 5.32 Å². The number of halogens is 1. The van der Waals surface area contributed by atoms with E-state index in [1.54, 1.807) is 6.92 Å². The van der Waals surface area contributed by atoms with E-state index >= 15 is 0 Å². The smallest absolute Gasteiger partial charge is 0.122 e. The molecule has 1 aliphatic heterocycles. The van der Waals surface area contributed by atoms with E-state index in [-0.39, 0.29) is 0 Å². The highest BCUT2D eigenvalue weighted by molar-refractivity contribution is 4.94. The molecule has 1 saturated heterocycles. The summed E-state index contributed by atoms with van der Waals surface area (Å²) in [6.07, 6.45) is 7.45. The Labute approximate surface area is 80.1 Å². The number of hydrogen-bond acceptors (Lipinski definition) is 1. The Balaban J connectivity index is 1.87. The molecule has 76 valence electrons. The average molecular weight is 185 g/mol. The van der Waals surface area contributed by atoms with Gasteiger partial charge in [-0.05, 0) is 32.1 Å². The Morgan fingerprint density at radius 1 is 1.23 bits per heavy atom. The van der Waals surface area contributed by atoms with Crippen molar-refractivity contribution in [2.75, 3.05) is 6.54 Å². The molecule has 0 radical (unpaired) electrons. The lowest BCUT2D eigenvalue weighted by molar-refractivity contribution is 0.200. The van der Waals surface area contributed by atoms with Crippen LogP contribution in [0.15, 0.2) is 0 Å². The molecule has 2 atom stereocenters. The van der Waals surface area contributed by atoms with Crippen LogP contribution in [0.1, 0.15) is 45.4 Å². The molecule has 2 unspecified atom stereocenters. The zero-order chi connectivity index (χ0) is 9.31. The lowest BCUT2D eigenvalue weighted by atomic mass is 9.82. The molecule has 2 rings (SSSR count). The van der Waals surface area contributed by atoms with Crippen molar-refractivity contribution in [3.8, 4) is 0 Å². The van der Waals surface area contributed by atoms with E-state index in [0.717, 1.165) is 12.3 Å². The Bertz CT molecular complexity index is 173. The van der Waals surface area contributed by atoms with E-state index in [4.69, 9.17) is 0 Å². The Morgan fingerprint density at radius 2 is 1.92 bits per heavy atom. The third-order valence-electron chi connectivity index (χ3n) is 3.60. The summed E-state index contributed by atoms with van der Waals surface area (Å²) in [7, 11) is 0. The average Bonchev–Trinajstić information content (AvgIpc) is 2.48. The van der Waals surface area contributed by atoms with Gasteiger partial charge >= 0.3 is 0 Å². The van der Waals surface area contributed by atoms with Crippen molar-refractivity contribution in [1.82, 2.24) is 5.32 Å². The van der Waals surface area contributed by atoms with Crippen molar-refractivity contribution in [2.45, 2.75) is 57.2 Å². The first-order valence-electron chi connectivity index (χ1n) is 5.60. The fourth-order valence-electron chi connectivity index (χ4n) is 2.82. The van der Waals surface area contributed by atoms with E-state index < -0.39 is 5.67 Å². The molecule has 1 N–H and O–H groups in total. The van der Waals surface area contributed by atoms with Crippen molar-refractivity contribution in [2.24, 2.45) is 5.92 Å². The maximum atomic E-state index is 13.6. The minimum Gasteiger partial charge on any atom is -0.310 e. The topological polar surface area (TPSA) is 12.0 Å². The molecule has 0 aromatic rings. The monoisotopic (exact) mass is 185 g/mol. The maximum absolute atomic E-state index is 13.6. The van der Waals surface area contributed by atoms with E-state index in [9.17, 15) is 4.39 Å². The summed E-state index contributed by atoms with van der Waals surface area (Å²) in [6, 6.07) is 0.468. The van der Waals surface area contributed by atoms with Gasteiger partial charge in [0.1, 0.15) is 5.67 Å². The summed E-state index contributed by atoms with van der Waals surface area (Å²) in [5, 5.41) is 3.34. The molecule has 13 heavy (non-hydrogen) atoms. The third-order valence-corrected chi connectivity index (χ3v) is 3.60. The van der Waals surface area contributed by atoms with Gasteiger partial charge in [0.15, 0.2) is 0 Å². The summed E-state index contributed by atoms with van der Waals surface area (Å²) < 4.78 is 13.6. The molecular formula is C11H20FN. The quantitative estimate of drug-likeness (QED) is 0.662. The number of alkyl halides is 1. The van der Waals surface area contributed by atoms with Gasteiger partial charge in [0, 0.05) is 12.6 Å². The second-order valence-electron chi connectivity index (χ2n) is 5.00. The largest absolute Gasteiger partial charge is 0.310 e. The number of hydrogen-bond donors (Lipinski definition) is 1. The van der Waals surface area contributed by atoms with Crippen LogP contribution in [-0.2, 0) is 0 Å². The number of nitrogens with one attached hydrogen (secondary N) is 1. The second-order valence-corrected chi connectivity index (χ2v) is 5.00. The standard InChI is InChI=1S/C11H20FN/c1-11(12)7-10(13-8-11)9-5-3-2-4-6-9/h9-10,13H,2-8H2,1H3. The summed E-state index contributed by atoms with van der Waals surface area (Å²) in [6.45, 7) is 2.29. The minimum absolute atomic E-state index is 0.468. The molecule has 0 amide bonds. The van der Waals surface area contributed by atoms with Gasteiger partial charge in [-0.15, -0.1) is 0 Å². The van der Waals surface area contributed by atoms with Gasteiger partial charge in [-0.1, -0.05) is 19.3 Å². The third kappa shape index (κ3) is 2.22.